The monoisotopic (exact) mass is 450 g/mol. The number of amides is 2. The first-order valence-corrected chi connectivity index (χ1v) is 11.4. The van der Waals surface area contributed by atoms with Gasteiger partial charge in [-0.25, -0.2) is 4.79 Å². The average molecular weight is 451 g/mol. The Hall–Kier alpha value is -3.35. The molecule has 0 radical (unpaired) electrons. The summed E-state index contributed by atoms with van der Waals surface area (Å²) < 4.78 is 5.54. The summed E-state index contributed by atoms with van der Waals surface area (Å²) in [5.41, 5.74) is 4.67. The van der Waals surface area contributed by atoms with Crippen molar-refractivity contribution in [3.05, 3.63) is 59.7 Å². The van der Waals surface area contributed by atoms with Gasteiger partial charge in [0, 0.05) is 32.0 Å². The molecule has 0 bridgehead atoms. The fourth-order valence-corrected chi connectivity index (χ4v) is 4.90. The number of rotatable bonds is 7. The zero-order valence-corrected chi connectivity index (χ0v) is 19.0. The topological polar surface area (TPSA) is 95.9 Å². The third-order valence-electron chi connectivity index (χ3n) is 6.74. The molecule has 1 fully saturated rings. The number of hydrogen-bond donors (Lipinski definition) is 2. The third-order valence-corrected chi connectivity index (χ3v) is 6.74. The molecule has 7 heteroatoms. The van der Waals surface area contributed by atoms with Crippen LogP contribution < -0.4 is 5.32 Å². The lowest BCUT2D eigenvalue weighted by atomic mass is 9.98. The second-order valence-electron chi connectivity index (χ2n) is 9.24. The van der Waals surface area contributed by atoms with E-state index in [0.717, 1.165) is 11.1 Å². The molecule has 2 aromatic carbocycles. The van der Waals surface area contributed by atoms with Gasteiger partial charge in [0.1, 0.15) is 6.61 Å². The van der Waals surface area contributed by atoms with E-state index in [1.165, 1.54) is 11.1 Å². The Morgan fingerprint density at radius 3 is 2.24 bits per heavy atom. The lowest BCUT2D eigenvalue weighted by Gasteiger charge is -2.19. The van der Waals surface area contributed by atoms with Gasteiger partial charge >= 0.3 is 12.1 Å². The molecule has 4 rings (SSSR count). The van der Waals surface area contributed by atoms with Crippen molar-refractivity contribution < 1.29 is 24.2 Å². The van der Waals surface area contributed by atoms with E-state index >= 15 is 0 Å². The maximum Gasteiger partial charge on any atom is 0.407 e. The number of nitrogens with zero attached hydrogens (tertiary/aromatic N) is 1. The summed E-state index contributed by atoms with van der Waals surface area (Å²) in [4.78, 5) is 37.8. The highest BCUT2D eigenvalue weighted by atomic mass is 16.5. The van der Waals surface area contributed by atoms with E-state index in [1.807, 2.05) is 38.1 Å². The first-order chi connectivity index (χ1) is 15.8. The summed E-state index contributed by atoms with van der Waals surface area (Å²) in [6.07, 6.45) is -0.250. The van der Waals surface area contributed by atoms with Crippen molar-refractivity contribution in [2.45, 2.75) is 26.2 Å². The number of carboxylic acid groups (broad SMARTS) is 1. The molecule has 0 aromatic heterocycles. The smallest absolute Gasteiger partial charge is 0.407 e. The molecule has 7 nitrogen and oxygen atoms in total. The zero-order valence-electron chi connectivity index (χ0n) is 19.0. The number of carbonyl (C=O) groups is 3. The summed E-state index contributed by atoms with van der Waals surface area (Å²) in [5.74, 6) is -1.59. The van der Waals surface area contributed by atoms with Crippen LogP contribution in [0, 0.1) is 17.8 Å². The second kappa shape index (κ2) is 9.65. The first kappa shape index (κ1) is 22.8. The molecule has 0 saturated carbocycles. The lowest BCUT2D eigenvalue weighted by Crippen LogP contribution is -2.34. The number of benzene rings is 2. The first-order valence-electron chi connectivity index (χ1n) is 11.4. The Balaban J connectivity index is 1.25. The van der Waals surface area contributed by atoms with Crippen molar-refractivity contribution in [3.63, 3.8) is 0 Å². The Bertz CT molecular complexity index is 1010. The lowest BCUT2D eigenvalue weighted by molar-refractivity contribution is -0.142. The van der Waals surface area contributed by atoms with E-state index in [1.54, 1.807) is 4.90 Å². The van der Waals surface area contributed by atoms with Crippen LogP contribution in [0.25, 0.3) is 11.1 Å². The van der Waals surface area contributed by atoms with Crippen LogP contribution in [-0.4, -0.2) is 54.2 Å². The van der Waals surface area contributed by atoms with E-state index in [9.17, 15) is 19.5 Å². The quantitative estimate of drug-likeness (QED) is 0.670. The number of likely N-dealkylation sites (tertiary alicyclic amines) is 1. The maximum atomic E-state index is 12.5. The van der Waals surface area contributed by atoms with Crippen LogP contribution in [0.5, 0.6) is 0 Å². The van der Waals surface area contributed by atoms with Crippen molar-refractivity contribution >= 4 is 18.0 Å². The molecular formula is C26H30N2O5. The predicted molar refractivity (Wildman–Crippen MR) is 124 cm³/mol. The molecule has 0 spiro atoms. The number of nitrogens with one attached hydrogen (secondary N) is 1. The van der Waals surface area contributed by atoms with Crippen molar-refractivity contribution in [3.8, 4) is 11.1 Å². The van der Waals surface area contributed by atoms with E-state index in [2.05, 4.69) is 29.6 Å². The molecule has 1 heterocycles. The Kier molecular flexibility index (Phi) is 6.67. The van der Waals surface area contributed by atoms with Gasteiger partial charge in [0.2, 0.25) is 5.91 Å². The largest absolute Gasteiger partial charge is 0.481 e. The Labute approximate surface area is 193 Å². The molecular weight excluding hydrogens is 420 g/mol. The van der Waals surface area contributed by atoms with Gasteiger partial charge in [0.25, 0.3) is 0 Å². The molecule has 1 saturated heterocycles. The minimum atomic E-state index is -0.859. The van der Waals surface area contributed by atoms with Gasteiger partial charge in [-0.3, -0.25) is 9.59 Å². The maximum absolute atomic E-state index is 12.5. The van der Waals surface area contributed by atoms with Gasteiger partial charge in [0.05, 0.1) is 5.92 Å². The minimum absolute atomic E-state index is 0.00138. The molecule has 174 valence electrons. The molecule has 2 N–H and O–H groups in total. The Morgan fingerprint density at radius 2 is 1.67 bits per heavy atom. The van der Waals surface area contributed by atoms with Gasteiger partial charge in [-0.15, -0.1) is 0 Å². The van der Waals surface area contributed by atoms with Crippen molar-refractivity contribution in [2.75, 3.05) is 26.2 Å². The van der Waals surface area contributed by atoms with Crippen LogP contribution >= 0.6 is 0 Å². The second-order valence-corrected chi connectivity index (χ2v) is 9.24. The summed E-state index contributed by atoms with van der Waals surface area (Å²) in [5, 5.41) is 12.0. The number of ether oxygens (including phenoxy) is 1. The standard InChI is InChI=1S/C26H30N2O5/c1-16(11-24(29)28-13-17(2)22(14-28)25(30)31)12-27-26(32)33-15-23-20-9-5-3-7-18(20)19-8-4-6-10-21(19)23/h3-10,16-17,22-23H,11-15H2,1-2H3,(H,27,32)(H,30,31)/t16?,17-,22-/m1/s1. The molecule has 2 amide bonds. The van der Waals surface area contributed by atoms with E-state index in [4.69, 9.17) is 4.74 Å². The van der Waals surface area contributed by atoms with Crippen LogP contribution in [0.15, 0.2) is 48.5 Å². The molecule has 1 aliphatic carbocycles. The van der Waals surface area contributed by atoms with Crippen LogP contribution in [-0.2, 0) is 14.3 Å². The fraction of sp³-hybridized carbons (Fsp3) is 0.423. The van der Waals surface area contributed by atoms with Gasteiger partial charge in [-0.05, 0) is 34.1 Å². The minimum Gasteiger partial charge on any atom is -0.481 e. The molecule has 2 aliphatic rings. The van der Waals surface area contributed by atoms with E-state index < -0.39 is 18.0 Å². The molecule has 2 aromatic rings. The average Bonchev–Trinajstić information content (AvgIpc) is 3.35. The van der Waals surface area contributed by atoms with Crippen molar-refractivity contribution in [2.24, 2.45) is 17.8 Å². The Morgan fingerprint density at radius 1 is 1.06 bits per heavy atom. The van der Waals surface area contributed by atoms with E-state index in [-0.39, 0.29) is 43.2 Å². The van der Waals surface area contributed by atoms with Gasteiger partial charge < -0.3 is 20.1 Å². The van der Waals surface area contributed by atoms with Crippen LogP contribution in [0.1, 0.15) is 37.3 Å². The summed E-state index contributed by atoms with van der Waals surface area (Å²) in [7, 11) is 0. The van der Waals surface area contributed by atoms with Crippen LogP contribution in [0.2, 0.25) is 0 Å². The predicted octanol–water partition coefficient (Wildman–Crippen LogP) is 3.73. The number of carboxylic acids is 1. The SMILES string of the molecule is CC(CNC(=O)OCC1c2ccccc2-c2ccccc21)CC(=O)N1C[C@@H](C)[C@H](C(=O)O)C1. The number of aliphatic carboxylic acids is 1. The highest BCUT2D eigenvalue weighted by Crippen LogP contribution is 2.44. The third kappa shape index (κ3) is 4.87. The summed E-state index contributed by atoms with van der Waals surface area (Å²) >= 11 is 0. The number of fused-ring (bicyclic) bond motifs is 3. The van der Waals surface area contributed by atoms with Gasteiger partial charge in [-0.1, -0.05) is 62.4 Å². The highest BCUT2D eigenvalue weighted by molar-refractivity contribution is 5.80. The zero-order chi connectivity index (χ0) is 23.5. The van der Waals surface area contributed by atoms with Crippen molar-refractivity contribution in [1.82, 2.24) is 10.2 Å². The van der Waals surface area contributed by atoms with E-state index in [0.29, 0.717) is 13.1 Å². The fourth-order valence-electron chi connectivity index (χ4n) is 4.90. The number of alkyl carbamates (subject to hydrolysis) is 1. The molecule has 33 heavy (non-hydrogen) atoms. The molecule has 1 unspecified atom stereocenters. The number of hydrogen-bond acceptors (Lipinski definition) is 4. The molecule has 3 atom stereocenters. The van der Waals surface area contributed by atoms with Gasteiger partial charge in [-0.2, -0.15) is 0 Å². The van der Waals surface area contributed by atoms with Gasteiger partial charge in [0.15, 0.2) is 0 Å². The van der Waals surface area contributed by atoms with Crippen LogP contribution in [0.4, 0.5) is 4.79 Å². The molecule has 1 aliphatic heterocycles. The number of carbonyl (C=O) groups excluding carboxylic acids is 2. The van der Waals surface area contributed by atoms with Crippen molar-refractivity contribution in [1.29, 1.82) is 0 Å². The van der Waals surface area contributed by atoms with Crippen LogP contribution in [0.3, 0.4) is 0 Å². The summed E-state index contributed by atoms with van der Waals surface area (Å²) in [6, 6.07) is 16.3. The normalized spacial score (nSPS) is 20.1. The highest BCUT2D eigenvalue weighted by Gasteiger charge is 2.37. The summed E-state index contributed by atoms with van der Waals surface area (Å²) in [6.45, 7) is 5.01.